The Morgan fingerprint density at radius 2 is 2.35 bits per heavy atom. The summed E-state index contributed by atoms with van der Waals surface area (Å²) in [4.78, 5) is 4.20. The molecule has 1 heterocycles. The van der Waals surface area contributed by atoms with E-state index in [1.165, 1.54) is 11.1 Å². The lowest BCUT2D eigenvalue weighted by Crippen LogP contribution is -2.35. The zero-order valence-corrected chi connectivity index (χ0v) is 9.90. The van der Waals surface area contributed by atoms with E-state index < -0.39 is 0 Å². The highest BCUT2D eigenvalue weighted by Crippen LogP contribution is 2.41. The van der Waals surface area contributed by atoms with Crippen molar-refractivity contribution < 1.29 is 9.47 Å². The lowest BCUT2D eigenvalue weighted by atomic mass is 9.79. The molecule has 1 unspecified atom stereocenters. The van der Waals surface area contributed by atoms with Gasteiger partial charge in [-0.3, -0.25) is 0 Å². The van der Waals surface area contributed by atoms with E-state index in [-0.39, 0.29) is 5.60 Å². The molecule has 0 saturated carbocycles. The van der Waals surface area contributed by atoms with Crippen LogP contribution in [0, 0.1) is 0 Å². The average molecular weight is 232 g/mol. The molecule has 1 atom stereocenters. The Kier molecular flexibility index (Phi) is 2.24. The summed E-state index contributed by atoms with van der Waals surface area (Å²) in [6, 6.07) is 6.47. The fraction of sp³-hybridized carbons (Fsp3) is 0.462. The summed E-state index contributed by atoms with van der Waals surface area (Å²) in [5.41, 5.74) is 7.85. The number of aliphatic imine (C=N–C) groups is 1. The van der Waals surface area contributed by atoms with Gasteiger partial charge in [-0.05, 0) is 37.0 Å². The molecule has 1 aromatic rings. The van der Waals surface area contributed by atoms with Gasteiger partial charge in [-0.1, -0.05) is 6.07 Å². The zero-order chi connectivity index (χ0) is 11.9. The molecule has 0 saturated heterocycles. The topological polar surface area (TPSA) is 56.8 Å². The number of ether oxygens (including phenoxy) is 2. The number of fused-ring (bicyclic) bond motifs is 2. The van der Waals surface area contributed by atoms with Crippen LogP contribution in [0.1, 0.15) is 24.0 Å². The van der Waals surface area contributed by atoms with E-state index in [2.05, 4.69) is 17.1 Å². The first kappa shape index (κ1) is 10.4. The Morgan fingerprint density at radius 3 is 3.06 bits per heavy atom. The second kappa shape index (κ2) is 3.65. The minimum absolute atomic E-state index is 0.314. The average Bonchev–Trinajstić information content (AvgIpc) is 2.71. The molecule has 0 radical (unpaired) electrons. The summed E-state index contributed by atoms with van der Waals surface area (Å²) < 4.78 is 11.0. The number of hydrogen-bond donors (Lipinski definition) is 1. The summed E-state index contributed by atoms with van der Waals surface area (Å²) in [5.74, 6) is 0.896. The molecule has 2 aliphatic rings. The van der Waals surface area contributed by atoms with Crippen molar-refractivity contribution in [2.45, 2.75) is 24.9 Å². The van der Waals surface area contributed by atoms with Crippen LogP contribution in [0.2, 0.25) is 0 Å². The number of amidine groups is 1. The minimum atomic E-state index is -0.316. The molecular formula is C13H16N2O2. The van der Waals surface area contributed by atoms with Gasteiger partial charge in [0.2, 0.25) is 0 Å². The van der Waals surface area contributed by atoms with Crippen molar-refractivity contribution in [2.75, 3.05) is 13.7 Å². The second-order valence-electron chi connectivity index (χ2n) is 4.63. The van der Waals surface area contributed by atoms with Crippen molar-refractivity contribution in [3.8, 4) is 5.75 Å². The summed E-state index contributed by atoms with van der Waals surface area (Å²) >= 11 is 0. The van der Waals surface area contributed by atoms with Gasteiger partial charge in [0, 0.05) is 5.56 Å². The van der Waals surface area contributed by atoms with Crippen LogP contribution in [0.25, 0.3) is 0 Å². The molecule has 1 aliphatic carbocycles. The zero-order valence-electron chi connectivity index (χ0n) is 9.90. The lowest BCUT2D eigenvalue weighted by molar-refractivity contribution is 0.0638. The third-order valence-corrected chi connectivity index (χ3v) is 3.62. The van der Waals surface area contributed by atoms with Crippen molar-refractivity contribution in [3.05, 3.63) is 29.3 Å². The summed E-state index contributed by atoms with van der Waals surface area (Å²) in [5, 5.41) is 0. The normalized spacial score (nSPS) is 26.3. The maximum Gasteiger partial charge on any atom is 0.283 e. The fourth-order valence-electron chi connectivity index (χ4n) is 2.79. The predicted molar refractivity (Wildman–Crippen MR) is 65.2 cm³/mol. The Labute approximate surface area is 100 Å². The van der Waals surface area contributed by atoms with Gasteiger partial charge in [-0.25, -0.2) is 4.99 Å². The Morgan fingerprint density at radius 1 is 1.47 bits per heavy atom. The molecule has 0 amide bonds. The first-order valence-electron chi connectivity index (χ1n) is 5.90. The van der Waals surface area contributed by atoms with Crippen LogP contribution in [-0.2, 0) is 16.8 Å². The van der Waals surface area contributed by atoms with E-state index in [9.17, 15) is 0 Å². The standard InChI is InChI=1S/C13H16N2O2/c1-16-10-4-5-11-9(7-10)3-2-6-13(11)8-15-12(14)17-13/h4-5,7H,2-3,6,8H2,1H3,(H2,14,15). The van der Waals surface area contributed by atoms with Gasteiger partial charge in [0.05, 0.1) is 13.7 Å². The second-order valence-corrected chi connectivity index (χ2v) is 4.63. The Balaban J connectivity index is 2.03. The molecule has 0 fully saturated rings. The number of benzene rings is 1. The number of methoxy groups -OCH3 is 1. The first-order chi connectivity index (χ1) is 8.23. The molecule has 1 aliphatic heterocycles. The highest BCUT2D eigenvalue weighted by Gasteiger charge is 2.42. The SMILES string of the molecule is COc1ccc2c(c1)CCCC21CN=C(N)O1. The molecule has 3 rings (SSSR count). The molecule has 1 aromatic carbocycles. The smallest absolute Gasteiger partial charge is 0.283 e. The molecule has 4 nitrogen and oxygen atoms in total. The highest BCUT2D eigenvalue weighted by molar-refractivity contribution is 5.74. The fourth-order valence-corrected chi connectivity index (χ4v) is 2.79. The molecule has 0 bridgehead atoms. The highest BCUT2D eigenvalue weighted by atomic mass is 16.5. The van der Waals surface area contributed by atoms with E-state index in [0.29, 0.717) is 12.6 Å². The molecule has 0 aromatic heterocycles. The Bertz CT molecular complexity index is 484. The maximum atomic E-state index is 5.78. The van der Waals surface area contributed by atoms with Crippen molar-refractivity contribution in [1.82, 2.24) is 0 Å². The number of aryl methyl sites for hydroxylation is 1. The summed E-state index contributed by atoms with van der Waals surface area (Å²) in [6.45, 7) is 0.637. The molecule has 17 heavy (non-hydrogen) atoms. The van der Waals surface area contributed by atoms with Crippen LogP contribution in [0.5, 0.6) is 5.75 Å². The first-order valence-corrected chi connectivity index (χ1v) is 5.90. The number of rotatable bonds is 1. The monoisotopic (exact) mass is 232 g/mol. The van der Waals surface area contributed by atoms with Crippen molar-refractivity contribution in [1.29, 1.82) is 0 Å². The molecule has 1 spiro atoms. The van der Waals surface area contributed by atoms with Gasteiger partial charge in [0.25, 0.3) is 6.02 Å². The van der Waals surface area contributed by atoms with Gasteiger partial charge in [0.15, 0.2) is 5.60 Å². The third-order valence-electron chi connectivity index (χ3n) is 3.62. The van der Waals surface area contributed by atoms with Crippen molar-refractivity contribution >= 4 is 6.02 Å². The van der Waals surface area contributed by atoms with Crippen LogP contribution in [-0.4, -0.2) is 19.7 Å². The predicted octanol–water partition coefficient (Wildman–Crippen LogP) is 1.57. The quantitative estimate of drug-likeness (QED) is 0.799. The number of hydrogen-bond acceptors (Lipinski definition) is 4. The van der Waals surface area contributed by atoms with E-state index in [1.54, 1.807) is 7.11 Å². The van der Waals surface area contributed by atoms with Crippen LogP contribution in [0.3, 0.4) is 0 Å². The van der Waals surface area contributed by atoms with Crippen LogP contribution >= 0.6 is 0 Å². The van der Waals surface area contributed by atoms with Crippen molar-refractivity contribution in [2.24, 2.45) is 10.7 Å². The van der Waals surface area contributed by atoms with Crippen LogP contribution < -0.4 is 10.5 Å². The maximum absolute atomic E-state index is 5.78. The van der Waals surface area contributed by atoms with Gasteiger partial charge >= 0.3 is 0 Å². The minimum Gasteiger partial charge on any atom is -0.497 e. The summed E-state index contributed by atoms with van der Waals surface area (Å²) in [6.07, 6.45) is 3.15. The largest absolute Gasteiger partial charge is 0.497 e. The van der Waals surface area contributed by atoms with E-state index in [4.69, 9.17) is 15.2 Å². The molecule has 2 N–H and O–H groups in total. The third kappa shape index (κ3) is 1.55. The number of nitrogens with zero attached hydrogens (tertiary/aromatic N) is 1. The van der Waals surface area contributed by atoms with Gasteiger partial charge in [-0.2, -0.15) is 0 Å². The van der Waals surface area contributed by atoms with Gasteiger partial charge < -0.3 is 15.2 Å². The van der Waals surface area contributed by atoms with Crippen LogP contribution in [0.15, 0.2) is 23.2 Å². The lowest BCUT2D eigenvalue weighted by Gasteiger charge is -2.34. The van der Waals surface area contributed by atoms with E-state index in [0.717, 1.165) is 25.0 Å². The molecule has 4 heteroatoms. The summed E-state index contributed by atoms with van der Waals surface area (Å²) in [7, 11) is 1.69. The molecular weight excluding hydrogens is 216 g/mol. The Hall–Kier alpha value is -1.71. The number of nitrogens with two attached hydrogens (primary N) is 1. The van der Waals surface area contributed by atoms with E-state index >= 15 is 0 Å². The van der Waals surface area contributed by atoms with Gasteiger partial charge in [-0.15, -0.1) is 0 Å². The molecule has 90 valence electrons. The van der Waals surface area contributed by atoms with Gasteiger partial charge in [0.1, 0.15) is 5.75 Å². The van der Waals surface area contributed by atoms with Crippen molar-refractivity contribution in [3.63, 3.8) is 0 Å². The van der Waals surface area contributed by atoms with E-state index in [1.807, 2.05) is 6.07 Å². The van der Waals surface area contributed by atoms with Crippen LogP contribution in [0.4, 0.5) is 0 Å².